The van der Waals surface area contributed by atoms with Crippen LogP contribution in [0.15, 0.2) is 30.3 Å². The maximum absolute atomic E-state index is 12.0. The molecule has 3 rings (SSSR count). The first kappa shape index (κ1) is 19.3. The highest BCUT2D eigenvalue weighted by Crippen LogP contribution is 2.22. The summed E-state index contributed by atoms with van der Waals surface area (Å²) < 4.78 is 0. The van der Waals surface area contributed by atoms with Crippen LogP contribution in [-0.2, 0) is 4.79 Å². The predicted octanol–water partition coefficient (Wildman–Crippen LogP) is 0.253. The van der Waals surface area contributed by atoms with Crippen LogP contribution in [-0.4, -0.2) is 65.1 Å². The van der Waals surface area contributed by atoms with Crippen LogP contribution in [0.1, 0.15) is 22.5 Å². The largest absolute Gasteiger partial charge is 0.369 e. The molecule has 2 amide bonds. The third-order valence-electron chi connectivity index (χ3n) is 4.47. The van der Waals surface area contributed by atoms with Gasteiger partial charge in [-0.1, -0.05) is 24.0 Å². The quantitative estimate of drug-likeness (QED) is 0.740. The van der Waals surface area contributed by atoms with Gasteiger partial charge in [0.25, 0.3) is 11.8 Å². The number of likely N-dealkylation sites (tertiary alicyclic amines) is 1. The molecule has 1 saturated heterocycles. The molecule has 144 valence electrons. The van der Waals surface area contributed by atoms with E-state index in [1.54, 1.807) is 50.3 Å². The Hall–Kier alpha value is -3.44. The number of aliphatic hydroxyl groups is 1. The highest BCUT2D eigenvalue weighted by molar-refractivity contribution is 5.92. The van der Waals surface area contributed by atoms with Crippen LogP contribution in [0.5, 0.6) is 0 Å². The minimum Gasteiger partial charge on any atom is -0.369 e. The van der Waals surface area contributed by atoms with Crippen molar-refractivity contribution in [2.75, 3.05) is 32.6 Å². The third-order valence-corrected chi connectivity index (χ3v) is 4.47. The van der Waals surface area contributed by atoms with Gasteiger partial charge in [0.05, 0.1) is 0 Å². The van der Waals surface area contributed by atoms with Crippen LogP contribution in [0, 0.1) is 11.8 Å². The van der Waals surface area contributed by atoms with Crippen LogP contribution in [0.4, 0.5) is 5.82 Å². The maximum atomic E-state index is 12.0. The maximum Gasteiger partial charge on any atom is 0.267 e. The lowest BCUT2D eigenvalue weighted by Crippen LogP contribution is -2.37. The second-order valence-corrected chi connectivity index (χ2v) is 6.86. The van der Waals surface area contributed by atoms with Crippen molar-refractivity contribution in [1.29, 1.82) is 0 Å². The number of hydrogen-bond donors (Lipinski definition) is 2. The van der Waals surface area contributed by atoms with Gasteiger partial charge in [-0.15, -0.1) is 0 Å². The molecule has 0 saturated carbocycles. The number of amides is 2. The van der Waals surface area contributed by atoms with Gasteiger partial charge >= 0.3 is 0 Å². The molecule has 0 unspecified atom stereocenters. The van der Waals surface area contributed by atoms with Crippen LogP contribution in [0.25, 0.3) is 11.4 Å². The summed E-state index contributed by atoms with van der Waals surface area (Å²) in [5.74, 6) is 5.38. The molecule has 2 aromatic rings. The standard InChI is InChI=1S/C20H21N5O3/c1-24(2)16-12-15(17(21)26)22-18(23-16)14-6-4-5-13(11-14)7-8-20(28)9-10-25(3)19(20)27/h4-6,11-12,28H,9-10H2,1-3H3,(H2,21,26)/t20-/m0/s1. The molecule has 28 heavy (non-hydrogen) atoms. The number of aromatic nitrogens is 2. The third kappa shape index (κ3) is 3.80. The van der Waals surface area contributed by atoms with Crippen molar-refractivity contribution in [3.05, 3.63) is 41.6 Å². The summed E-state index contributed by atoms with van der Waals surface area (Å²) in [5, 5.41) is 10.4. The molecule has 1 aliphatic heterocycles. The summed E-state index contributed by atoms with van der Waals surface area (Å²) in [6.07, 6.45) is 0.269. The summed E-state index contributed by atoms with van der Waals surface area (Å²) in [6, 6.07) is 8.57. The van der Waals surface area contributed by atoms with E-state index in [1.165, 1.54) is 11.0 Å². The minimum absolute atomic E-state index is 0.110. The number of nitrogens with zero attached hydrogens (tertiary/aromatic N) is 4. The average molecular weight is 379 g/mol. The second kappa shape index (κ2) is 7.29. The van der Waals surface area contributed by atoms with Crippen molar-refractivity contribution in [1.82, 2.24) is 14.9 Å². The first-order valence-corrected chi connectivity index (χ1v) is 8.67. The summed E-state index contributed by atoms with van der Waals surface area (Å²) in [5.41, 5.74) is 5.06. The Bertz CT molecular complexity index is 1010. The van der Waals surface area contributed by atoms with Gasteiger partial charge in [-0.25, -0.2) is 9.97 Å². The van der Waals surface area contributed by atoms with E-state index >= 15 is 0 Å². The molecule has 2 heterocycles. The van der Waals surface area contributed by atoms with Gasteiger partial charge in [-0.2, -0.15) is 0 Å². The van der Waals surface area contributed by atoms with Gasteiger partial charge in [0.1, 0.15) is 11.5 Å². The lowest BCUT2D eigenvalue weighted by Gasteiger charge is -2.14. The predicted molar refractivity (Wildman–Crippen MR) is 104 cm³/mol. The molecule has 8 heteroatoms. The molecule has 3 N–H and O–H groups in total. The zero-order chi connectivity index (χ0) is 20.5. The summed E-state index contributed by atoms with van der Waals surface area (Å²) in [4.78, 5) is 35.5. The Labute approximate surface area is 163 Å². The fourth-order valence-electron chi connectivity index (χ4n) is 2.80. The van der Waals surface area contributed by atoms with Gasteiger partial charge in [-0.3, -0.25) is 9.59 Å². The van der Waals surface area contributed by atoms with E-state index in [4.69, 9.17) is 5.73 Å². The summed E-state index contributed by atoms with van der Waals surface area (Å²) in [6.45, 7) is 0.463. The van der Waals surface area contributed by atoms with Crippen molar-refractivity contribution in [2.45, 2.75) is 12.0 Å². The Morgan fingerprint density at radius 2 is 2.07 bits per heavy atom. The number of hydrogen-bond acceptors (Lipinski definition) is 6. The van der Waals surface area contributed by atoms with E-state index in [0.717, 1.165) is 0 Å². The highest BCUT2D eigenvalue weighted by Gasteiger charge is 2.42. The minimum atomic E-state index is -1.66. The van der Waals surface area contributed by atoms with Crippen LogP contribution < -0.4 is 10.6 Å². The molecule has 1 atom stereocenters. The second-order valence-electron chi connectivity index (χ2n) is 6.86. The molecule has 1 aromatic carbocycles. The number of benzene rings is 1. The molecule has 1 fully saturated rings. The number of nitrogens with two attached hydrogens (primary N) is 1. The Kier molecular flexibility index (Phi) is 5.03. The van der Waals surface area contributed by atoms with Gasteiger partial charge in [0, 0.05) is 51.3 Å². The molecular formula is C20H21N5O3. The summed E-state index contributed by atoms with van der Waals surface area (Å²) in [7, 11) is 5.23. The number of carbonyl (C=O) groups is 2. The first-order chi connectivity index (χ1) is 13.2. The smallest absolute Gasteiger partial charge is 0.267 e. The number of carbonyl (C=O) groups excluding carboxylic acids is 2. The lowest BCUT2D eigenvalue weighted by molar-refractivity contribution is -0.137. The first-order valence-electron chi connectivity index (χ1n) is 8.67. The molecular weight excluding hydrogens is 358 g/mol. The molecule has 0 spiro atoms. The Morgan fingerprint density at radius 1 is 1.32 bits per heavy atom. The van der Waals surface area contributed by atoms with Crippen molar-refractivity contribution in [3.63, 3.8) is 0 Å². The monoisotopic (exact) mass is 379 g/mol. The highest BCUT2D eigenvalue weighted by atomic mass is 16.3. The van der Waals surface area contributed by atoms with Gasteiger partial charge in [-0.05, 0) is 12.1 Å². The fourth-order valence-corrected chi connectivity index (χ4v) is 2.80. The normalized spacial score (nSPS) is 18.6. The number of primary amides is 1. The van der Waals surface area contributed by atoms with E-state index in [9.17, 15) is 14.7 Å². The van der Waals surface area contributed by atoms with E-state index in [1.807, 2.05) is 0 Å². The molecule has 1 aromatic heterocycles. The molecule has 0 aliphatic carbocycles. The SMILES string of the molecule is CN1CC[C@@](O)(C#Cc2cccc(-c3nc(C(N)=O)cc(N(C)C)n3)c2)C1=O. The fraction of sp³-hybridized carbons (Fsp3) is 0.300. The molecule has 0 radical (unpaired) electrons. The number of rotatable bonds is 3. The molecule has 1 aliphatic rings. The van der Waals surface area contributed by atoms with E-state index in [-0.39, 0.29) is 12.1 Å². The van der Waals surface area contributed by atoms with Crippen LogP contribution >= 0.6 is 0 Å². The van der Waals surface area contributed by atoms with Gasteiger partial charge in [0.15, 0.2) is 5.82 Å². The van der Waals surface area contributed by atoms with Gasteiger partial charge < -0.3 is 20.6 Å². The van der Waals surface area contributed by atoms with E-state index in [0.29, 0.717) is 29.3 Å². The molecule has 8 nitrogen and oxygen atoms in total. The van der Waals surface area contributed by atoms with Crippen molar-refractivity contribution >= 4 is 17.6 Å². The lowest BCUT2D eigenvalue weighted by atomic mass is 10.0. The topological polar surface area (TPSA) is 113 Å². The Balaban J connectivity index is 1.98. The summed E-state index contributed by atoms with van der Waals surface area (Å²) >= 11 is 0. The van der Waals surface area contributed by atoms with Crippen molar-refractivity contribution < 1.29 is 14.7 Å². The van der Waals surface area contributed by atoms with Crippen LogP contribution in [0.2, 0.25) is 0 Å². The number of anilines is 1. The zero-order valence-electron chi connectivity index (χ0n) is 15.9. The van der Waals surface area contributed by atoms with Gasteiger partial charge in [0.2, 0.25) is 5.60 Å². The van der Waals surface area contributed by atoms with Crippen molar-refractivity contribution in [3.8, 4) is 23.2 Å². The molecule has 0 bridgehead atoms. The Morgan fingerprint density at radius 3 is 2.68 bits per heavy atom. The van der Waals surface area contributed by atoms with Crippen LogP contribution in [0.3, 0.4) is 0 Å². The van der Waals surface area contributed by atoms with Crippen molar-refractivity contribution in [2.24, 2.45) is 5.73 Å². The average Bonchev–Trinajstić information content (AvgIpc) is 2.94. The zero-order valence-corrected chi connectivity index (χ0v) is 15.9. The number of likely N-dealkylation sites (N-methyl/N-ethyl adjacent to an activating group) is 1. The van der Waals surface area contributed by atoms with E-state index in [2.05, 4.69) is 21.8 Å². The van der Waals surface area contributed by atoms with E-state index < -0.39 is 17.4 Å².